The first kappa shape index (κ1) is 37.5. The highest BCUT2D eigenvalue weighted by Gasteiger charge is 2.77. The van der Waals surface area contributed by atoms with Crippen LogP contribution in [-0.4, -0.2) is 30.4 Å². The van der Waals surface area contributed by atoms with Gasteiger partial charge in [0.2, 0.25) is 0 Å². The standard InChI is InChI=1S/C49H50F3N5/c1-9-12-16-30-19-21-32(22-20-30)43-54-42(31-17-14-13-15-18-31)55-44(56-43)35-27-57-41(33-23-24-39(49(50,51)52)53-40(33)35)34-25-37-38(46(7,8)28-45(37,5)6)26-36(34)47(10-2)29(4)48(47,57)11-3/h13-15,17-24,26-27H,4,9-12,16,25,28H2,1-3,5-8H3. The van der Waals surface area contributed by atoms with Gasteiger partial charge in [-0.25, -0.2) is 19.9 Å². The van der Waals surface area contributed by atoms with Crippen molar-refractivity contribution in [2.75, 3.05) is 0 Å². The molecule has 5 aliphatic rings. The molecule has 1 fully saturated rings. The van der Waals surface area contributed by atoms with E-state index in [1.807, 2.05) is 48.7 Å². The number of pyridine rings is 1. The van der Waals surface area contributed by atoms with Crippen LogP contribution in [0.25, 0.3) is 34.0 Å². The summed E-state index contributed by atoms with van der Waals surface area (Å²) >= 11 is 0. The van der Waals surface area contributed by atoms with Crippen molar-refractivity contribution in [1.29, 1.82) is 0 Å². The van der Waals surface area contributed by atoms with Crippen LogP contribution in [0.15, 0.2) is 113 Å². The Morgan fingerprint density at radius 3 is 2.07 bits per heavy atom. The number of nitrogens with zero attached hydrogens (tertiary/aromatic N) is 5. The van der Waals surface area contributed by atoms with Gasteiger partial charge in [0, 0.05) is 28.3 Å². The molecule has 5 nitrogen and oxygen atoms in total. The maximum atomic E-state index is 14.6. The molecule has 2 atom stereocenters. The van der Waals surface area contributed by atoms with Gasteiger partial charge < -0.3 is 4.90 Å². The molecule has 292 valence electrons. The highest BCUT2D eigenvalue weighted by atomic mass is 19.4. The summed E-state index contributed by atoms with van der Waals surface area (Å²) in [7, 11) is 0. The Labute approximate surface area is 334 Å². The number of hydrogen-bond acceptors (Lipinski definition) is 5. The molecule has 0 radical (unpaired) electrons. The number of aromatic nitrogens is 4. The molecule has 1 saturated carbocycles. The zero-order chi connectivity index (χ0) is 40.3. The van der Waals surface area contributed by atoms with Crippen LogP contribution in [0.1, 0.15) is 115 Å². The Bertz CT molecular complexity index is 2480. The third kappa shape index (κ3) is 5.34. The number of benzene rings is 2. The normalized spacial score (nSPS) is 24.0. The summed E-state index contributed by atoms with van der Waals surface area (Å²) in [5.74, 6) is 1.17. The number of halogens is 3. The van der Waals surface area contributed by atoms with Crippen molar-refractivity contribution >= 4 is 11.3 Å². The van der Waals surface area contributed by atoms with E-state index in [1.165, 1.54) is 22.3 Å². The maximum absolute atomic E-state index is 14.6. The Hall–Kier alpha value is -5.11. The monoisotopic (exact) mass is 765 g/mol. The molecular formula is C49H50F3N5. The molecule has 2 aliphatic heterocycles. The van der Waals surface area contributed by atoms with Gasteiger partial charge in [-0.15, -0.1) is 0 Å². The lowest BCUT2D eigenvalue weighted by Crippen LogP contribution is -2.44. The molecule has 2 unspecified atom stereocenters. The van der Waals surface area contributed by atoms with Crippen molar-refractivity contribution in [3.05, 3.63) is 142 Å². The SMILES string of the molecule is C=C1C2(CC)C3=CC4=C(CC3=C3c5ccc(C(F)(F)F)nc5C(c5nc(-c6ccccc6)nc(-c6ccc(CCCC)cc6)n5)=CN3C12CC)C(C)(C)CC4(C)C. The summed E-state index contributed by atoms with van der Waals surface area (Å²) in [6.45, 7) is 20.8. The fraction of sp³-hybridized carbons (Fsp3) is 0.388. The third-order valence-electron chi connectivity index (χ3n) is 13.7. The van der Waals surface area contributed by atoms with Gasteiger partial charge in [0.05, 0.1) is 22.5 Å². The number of hydrogen-bond donors (Lipinski definition) is 0. The molecule has 0 spiro atoms. The van der Waals surface area contributed by atoms with Gasteiger partial charge in [-0.3, -0.25) is 0 Å². The van der Waals surface area contributed by atoms with E-state index in [4.69, 9.17) is 21.5 Å². The minimum atomic E-state index is -4.65. The smallest absolute Gasteiger partial charge is 0.335 e. The van der Waals surface area contributed by atoms with E-state index < -0.39 is 17.4 Å². The predicted molar refractivity (Wildman–Crippen MR) is 221 cm³/mol. The van der Waals surface area contributed by atoms with Crippen LogP contribution >= 0.6 is 0 Å². The zero-order valence-corrected chi connectivity index (χ0v) is 34.0. The van der Waals surface area contributed by atoms with Gasteiger partial charge in [0.25, 0.3) is 0 Å². The van der Waals surface area contributed by atoms with Crippen LogP contribution in [0, 0.1) is 16.2 Å². The van der Waals surface area contributed by atoms with E-state index in [2.05, 4.69) is 76.6 Å². The highest BCUT2D eigenvalue weighted by molar-refractivity contribution is 5.94. The zero-order valence-electron chi connectivity index (χ0n) is 34.0. The van der Waals surface area contributed by atoms with E-state index in [-0.39, 0.29) is 27.8 Å². The average Bonchev–Trinajstić information content (AvgIpc) is 3.70. The first-order valence-corrected chi connectivity index (χ1v) is 20.5. The van der Waals surface area contributed by atoms with Gasteiger partial charge >= 0.3 is 6.18 Å². The van der Waals surface area contributed by atoms with Crippen LogP contribution in [0.2, 0.25) is 0 Å². The fourth-order valence-corrected chi connectivity index (χ4v) is 11.2. The van der Waals surface area contributed by atoms with Crippen LogP contribution in [0.4, 0.5) is 13.2 Å². The molecule has 2 aromatic carbocycles. The summed E-state index contributed by atoms with van der Waals surface area (Å²) in [5, 5.41) is 0. The second kappa shape index (κ2) is 12.7. The maximum Gasteiger partial charge on any atom is 0.433 e. The van der Waals surface area contributed by atoms with E-state index in [1.54, 1.807) is 6.07 Å². The molecule has 0 amide bonds. The number of rotatable bonds is 8. The number of fused-ring (bicyclic) bond motifs is 7. The van der Waals surface area contributed by atoms with E-state index in [0.29, 0.717) is 22.8 Å². The number of allylic oxidation sites excluding steroid dienone is 4. The molecule has 3 aliphatic carbocycles. The number of unbranched alkanes of at least 4 members (excludes halogenated alkanes) is 1. The Kier molecular flexibility index (Phi) is 8.34. The minimum Gasteiger partial charge on any atom is -0.335 e. The lowest BCUT2D eigenvalue weighted by Gasteiger charge is -2.47. The topological polar surface area (TPSA) is 54.8 Å². The Balaban J connectivity index is 1.32. The molecule has 0 N–H and O–H groups in total. The van der Waals surface area contributed by atoms with E-state index >= 15 is 0 Å². The first-order chi connectivity index (χ1) is 27.1. The van der Waals surface area contributed by atoms with Gasteiger partial charge in [-0.1, -0.05) is 128 Å². The van der Waals surface area contributed by atoms with Gasteiger partial charge in [-0.2, -0.15) is 13.2 Å². The summed E-state index contributed by atoms with van der Waals surface area (Å²) in [6.07, 6.45) is 6.36. The predicted octanol–water partition coefficient (Wildman–Crippen LogP) is 12.6. The lowest BCUT2D eigenvalue weighted by atomic mass is 9.68. The molecule has 9 rings (SSSR count). The molecule has 0 bridgehead atoms. The molecule has 0 saturated heterocycles. The lowest BCUT2D eigenvalue weighted by molar-refractivity contribution is -0.141. The third-order valence-corrected chi connectivity index (χ3v) is 13.7. The van der Waals surface area contributed by atoms with Crippen molar-refractivity contribution in [3.8, 4) is 22.8 Å². The molecule has 4 heterocycles. The van der Waals surface area contributed by atoms with Crippen LogP contribution in [0.5, 0.6) is 0 Å². The summed E-state index contributed by atoms with van der Waals surface area (Å²) in [4.78, 5) is 21.9. The molecule has 8 heteroatoms. The quantitative estimate of drug-likeness (QED) is 0.167. The number of alkyl halides is 3. The van der Waals surface area contributed by atoms with E-state index in [0.717, 1.165) is 79.0 Å². The second-order valence-corrected chi connectivity index (χ2v) is 17.8. The molecule has 2 aromatic heterocycles. The summed E-state index contributed by atoms with van der Waals surface area (Å²) in [5.41, 5.74) is 9.64. The first-order valence-electron chi connectivity index (χ1n) is 20.5. The van der Waals surface area contributed by atoms with Crippen LogP contribution in [0.3, 0.4) is 0 Å². The van der Waals surface area contributed by atoms with Crippen molar-refractivity contribution in [1.82, 2.24) is 24.8 Å². The van der Waals surface area contributed by atoms with Crippen molar-refractivity contribution in [2.24, 2.45) is 16.2 Å². The van der Waals surface area contributed by atoms with Crippen molar-refractivity contribution in [3.63, 3.8) is 0 Å². The van der Waals surface area contributed by atoms with Crippen LogP contribution in [-0.2, 0) is 12.6 Å². The molecular weight excluding hydrogens is 716 g/mol. The van der Waals surface area contributed by atoms with Crippen molar-refractivity contribution < 1.29 is 13.2 Å². The fourth-order valence-electron chi connectivity index (χ4n) is 11.2. The number of aryl methyl sites for hydroxylation is 1. The summed E-state index contributed by atoms with van der Waals surface area (Å²) in [6, 6.07) is 20.7. The van der Waals surface area contributed by atoms with E-state index in [9.17, 15) is 13.2 Å². The van der Waals surface area contributed by atoms with Crippen LogP contribution < -0.4 is 0 Å². The minimum absolute atomic E-state index is 0.00256. The largest absolute Gasteiger partial charge is 0.433 e. The van der Waals surface area contributed by atoms with Crippen molar-refractivity contribution in [2.45, 2.75) is 105 Å². The molecule has 4 aromatic rings. The highest BCUT2D eigenvalue weighted by Crippen LogP contribution is 2.78. The average molecular weight is 766 g/mol. The Morgan fingerprint density at radius 1 is 0.772 bits per heavy atom. The van der Waals surface area contributed by atoms with Gasteiger partial charge in [0.1, 0.15) is 5.69 Å². The summed E-state index contributed by atoms with van der Waals surface area (Å²) < 4.78 is 43.9. The second-order valence-electron chi connectivity index (χ2n) is 17.8. The Morgan fingerprint density at radius 2 is 1.44 bits per heavy atom. The van der Waals surface area contributed by atoms with Gasteiger partial charge in [-0.05, 0) is 89.3 Å². The molecule has 57 heavy (non-hydrogen) atoms. The van der Waals surface area contributed by atoms with Gasteiger partial charge in [0.15, 0.2) is 17.5 Å².